The molecule has 146 valence electrons. The molecule has 0 saturated heterocycles. The van der Waals surface area contributed by atoms with Crippen molar-refractivity contribution in [3.8, 4) is 17.6 Å². The monoisotopic (exact) mass is 486 g/mol. The van der Waals surface area contributed by atoms with E-state index in [4.69, 9.17) is 14.2 Å². The molecule has 0 aliphatic carbocycles. The highest BCUT2D eigenvalue weighted by atomic mass is 127. The third kappa shape index (κ3) is 7.46. The summed E-state index contributed by atoms with van der Waals surface area (Å²) in [5, 5.41) is 12.0. The van der Waals surface area contributed by atoms with Crippen LogP contribution in [0.15, 0.2) is 17.7 Å². The van der Waals surface area contributed by atoms with Gasteiger partial charge in [0.1, 0.15) is 11.6 Å². The third-order valence-corrected chi connectivity index (χ3v) is 3.87. The molecule has 0 saturated carbocycles. The lowest BCUT2D eigenvalue weighted by Crippen LogP contribution is -2.30. The second kappa shape index (κ2) is 11.4. The van der Waals surface area contributed by atoms with Crippen LogP contribution < -0.4 is 14.8 Å². The number of carbonyl (C=O) groups excluding carboxylic acids is 2. The predicted molar refractivity (Wildman–Crippen MR) is 109 cm³/mol. The van der Waals surface area contributed by atoms with Gasteiger partial charge < -0.3 is 19.5 Å². The van der Waals surface area contributed by atoms with E-state index >= 15 is 0 Å². The summed E-state index contributed by atoms with van der Waals surface area (Å²) in [5.41, 5.74) is 0.601. The molecule has 0 atom stereocenters. The SMILES string of the molecule is CCOC(=O)COc1c(I)cc(/C=C(/C#N)C(=O)NC(C)C)cc1OCC. The molecule has 1 amide bonds. The van der Waals surface area contributed by atoms with Gasteiger partial charge in [0.05, 0.1) is 16.8 Å². The number of halogens is 1. The number of amides is 1. The van der Waals surface area contributed by atoms with Crippen LogP contribution in [0.3, 0.4) is 0 Å². The van der Waals surface area contributed by atoms with Crippen LogP contribution in [0.25, 0.3) is 6.08 Å². The maximum absolute atomic E-state index is 12.1. The van der Waals surface area contributed by atoms with Crippen LogP contribution >= 0.6 is 22.6 Å². The van der Waals surface area contributed by atoms with Crippen LogP contribution in [0.1, 0.15) is 33.3 Å². The molecule has 1 rings (SSSR count). The molecule has 0 aromatic heterocycles. The predicted octanol–water partition coefficient (Wildman–Crippen LogP) is 3.06. The summed E-state index contributed by atoms with van der Waals surface area (Å²) >= 11 is 2.05. The molecular weight excluding hydrogens is 463 g/mol. The normalized spacial score (nSPS) is 10.9. The van der Waals surface area contributed by atoms with Crippen molar-refractivity contribution in [1.29, 1.82) is 5.26 Å². The van der Waals surface area contributed by atoms with Crippen molar-refractivity contribution in [1.82, 2.24) is 5.32 Å². The molecule has 0 unspecified atom stereocenters. The molecule has 1 aromatic rings. The van der Waals surface area contributed by atoms with Crippen molar-refractivity contribution in [2.45, 2.75) is 33.7 Å². The molecule has 1 N–H and O–H groups in total. The number of rotatable bonds is 9. The van der Waals surface area contributed by atoms with E-state index in [-0.39, 0.29) is 24.8 Å². The molecule has 0 aliphatic rings. The number of esters is 1. The number of carbonyl (C=O) groups is 2. The first-order valence-corrected chi connectivity index (χ1v) is 9.57. The van der Waals surface area contributed by atoms with Crippen LogP contribution in [0.4, 0.5) is 0 Å². The quantitative estimate of drug-likeness (QED) is 0.250. The summed E-state index contributed by atoms with van der Waals surface area (Å²) in [5.74, 6) is -0.0887. The van der Waals surface area contributed by atoms with Crippen molar-refractivity contribution < 1.29 is 23.8 Å². The molecule has 7 nitrogen and oxygen atoms in total. The lowest BCUT2D eigenvalue weighted by atomic mass is 10.1. The van der Waals surface area contributed by atoms with E-state index < -0.39 is 11.9 Å². The molecule has 27 heavy (non-hydrogen) atoms. The van der Waals surface area contributed by atoms with Gasteiger partial charge in [-0.3, -0.25) is 4.79 Å². The van der Waals surface area contributed by atoms with Gasteiger partial charge in [-0.25, -0.2) is 4.79 Å². The van der Waals surface area contributed by atoms with E-state index in [2.05, 4.69) is 5.32 Å². The number of nitrogens with zero attached hydrogens (tertiary/aromatic N) is 1. The average molecular weight is 486 g/mol. The van der Waals surface area contributed by atoms with Gasteiger partial charge in [0, 0.05) is 6.04 Å². The first-order valence-electron chi connectivity index (χ1n) is 8.49. The zero-order valence-electron chi connectivity index (χ0n) is 15.8. The summed E-state index contributed by atoms with van der Waals surface area (Å²) in [7, 11) is 0. The Morgan fingerprint density at radius 2 is 1.96 bits per heavy atom. The fourth-order valence-electron chi connectivity index (χ4n) is 2.06. The Morgan fingerprint density at radius 1 is 1.26 bits per heavy atom. The van der Waals surface area contributed by atoms with Gasteiger partial charge >= 0.3 is 5.97 Å². The summed E-state index contributed by atoms with van der Waals surface area (Å²) in [4.78, 5) is 23.6. The summed E-state index contributed by atoms with van der Waals surface area (Å²) in [6, 6.07) is 5.23. The summed E-state index contributed by atoms with van der Waals surface area (Å²) < 4.78 is 16.7. The zero-order chi connectivity index (χ0) is 20.4. The Kier molecular flexibility index (Phi) is 9.64. The molecule has 0 fully saturated rings. The number of benzene rings is 1. The summed E-state index contributed by atoms with van der Waals surface area (Å²) in [6.07, 6.45) is 1.48. The van der Waals surface area contributed by atoms with Crippen molar-refractivity contribution in [2.24, 2.45) is 0 Å². The van der Waals surface area contributed by atoms with Gasteiger partial charge in [0.2, 0.25) is 0 Å². The molecule has 0 heterocycles. The van der Waals surface area contributed by atoms with Crippen LogP contribution in [-0.2, 0) is 14.3 Å². The molecular formula is C19H23IN2O5. The maximum Gasteiger partial charge on any atom is 0.344 e. The summed E-state index contributed by atoms with van der Waals surface area (Å²) in [6.45, 7) is 7.60. The van der Waals surface area contributed by atoms with E-state index in [0.29, 0.717) is 27.2 Å². The minimum atomic E-state index is -0.475. The maximum atomic E-state index is 12.1. The molecule has 1 aromatic carbocycles. The van der Waals surface area contributed by atoms with Crippen LogP contribution in [0, 0.1) is 14.9 Å². The number of hydrogen-bond donors (Lipinski definition) is 1. The number of nitrogens with one attached hydrogen (secondary N) is 1. The lowest BCUT2D eigenvalue weighted by molar-refractivity contribution is -0.145. The van der Waals surface area contributed by atoms with Crippen molar-refractivity contribution in [2.75, 3.05) is 19.8 Å². The first-order chi connectivity index (χ1) is 12.8. The Hall–Kier alpha value is -2.28. The van der Waals surface area contributed by atoms with E-state index in [0.717, 1.165) is 0 Å². The fourth-order valence-corrected chi connectivity index (χ4v) is 2.84. The Labute approximate surface area is 172 Å². The van der Waals surface area contributed by atoms with Gasteiger partial charge in [0.25, 0.3) is 5.91 Å². The van der Waals surface area contributed by atoms with Gasteiger partial charge in [-0.05, 0) is 74.1 Å². The van der Waals surface area contributed by atoms with E-state index in [1.807, 2.05) is 49.4 Å². The largest absolute Gasteiger partial charge is 0.490 e. The number of ether oxygens (including phenoxy) is 3. The lowest BCUT2D eigenvalue weighted by Gasteiger charge is -2.14. The fraction of sp³-hybridized carbons (Fsp3) is 0.421. The highest BCUT2D eigenvalue weighted by molar-refractivity contribution is 14.1. The van der Waals surface area contributed by atoms with Gasteiger partial charge in [-0.1, -0.05) is 0 Å². The Morgan fingerprint density at radius 3 is 2.52 bits per heavy atom. The molecule has 0 bridgehead atoms. The highest BCUT2D eigenvalue weighted by Gasteiger charge is 2.16. The Balaban J connectivity index is 3.17. The van der Waals surface area contributed by atoms with E-state index in [9.17, 15) is 14.9 Å². The third-order valence-electron chi connectivity index (χ3n) is 3.07. The van der Waals surface area contributed by atoms with Gasteiger partial charge in [0.15, 0.2) is 18.1 Å². The van der Waals surface area contributed by atoms with Crippen LogP contribution in [-0.4, -0.2) is 37.7 Å². The smallest absolute Gasteiger partial charge is 0.344 e. The minimum absolute atomic E-state index is 0.0119. The van der Waals surface area contributed by atoms with Crippen molar-refractivity contribution in [3.05, 3.63) is 26.8 Å². The Bertz CT molecular complexity index is 753. The van der Waals surface area contributed by atoms with Gasteiger partial charge in [-0.2, -0.15) is 5.26 Å². The topological polar surface area (TPSA) is 97.7 Å². The van der Waals surface area contributed by atoms with Crippen LogP contribution in [0.5, 0.6) is 11.5 Å². The number of nitriles is 1. The van der Waals surface area contributed by atoms with E-state index in [1.54, 1.807) is 19.1 Å². The molecule has 8 heteroatoms. The highest BCUT2D eigenvalue weighted by Crippen LogP contribution is 2.35. The second-order valence-electron chi connectivity index (χ2n) is 5.65. The van der Waals surface area contributed by atoms with E-state index in [1.165, 1.54) is 6.08 Å². The molecule has 0 spiro atoms. The van der Waals surface area contributed by atoms with Crippen molar-refractivity contribution in [3.63, 3.8) is 0 Å². The van der Waals surface area contributed by atoms with Crippen LogP contribution in [0.2, 0.25) is 0 Å². The standard InChI is InChI=1S/C19H23IN2O5/c1-5-25-16-9-13(7-14(10-21)19(24)22-12(3)4)8-15(20)18(16)27-11-17(23)26-6-2/h7-9,12H,5-6,11H2,1-4H3,(H,22,24)/b14-7-. The second-order valence-corrected chi connectivity index (χ2v) is 6.82. The average Bonchev–Trinajstić information content (AvgIpc) is 2.58. The minimum Gasteiger partial charge on any atom is -0.490 e. The number of hydrogen-bond acceptors (Lipinski definition) is 6. The zero-order valence-corrected chi connectivity index (χ0v) is 18.0. The molecule has 0 radical (unpaired) electrons. The molecule has 0 aliphatic heterocycles. The van der Waals surface area contributed by atoms with Gasteiger partial charge in [-0.15, -0.1) is 0 Å². The van der Waals surface area contributed by atoms with Crippen molar-refractivity contribution >= 4 is 40.5 Å². The first kappa shape index (κ1) is 22.8.